The van der Waals surface area contributed by atoms with E-state index in [4.69, 9.17) is 5.73 Å². The van der Waals surface area contributed by atoms with Crippen molar-refractivity contribution in [3.05, 3.63) is 69.7 Å². The molecule has 34 heavy (non-hydrogen) atoms. The van der Waals surface area contributed by atoms with Crippen LogP contribution in [0.15, 0.2) is 59.3 Å². The van der Waals surface area contributed by atoms with Crippen LogP contribution in [-0.2, 0) is 10.7 Å². The van der Waals surface area contributed by atoms with Gasteiger partial charge in [0.2, 0.25) is 0 Å². The smallest absolute Gasteiger partial charge is 0.350 e. The Hall–Kier alpha value is -3.30. The van der Waals surface area contributed by atoms with Gasteiger partial charge in [-0.2, -0.15) is 20.1 Å². The second-order valence-electron chi connectivity index (χ2n) is 7.68. The topological polar surface area (TPSA) is 75.4 Å². The number of benzene rings is 2. The van der Waals surface area contributed by atoms with Gasteiger partial charge in [0.05, 0.1) is 16.3 Å². The molecule has 0 aliphatic heterocycles. The molecule has 0 unspecified atom stereocenters. The summed E-state index contributed by atoms with van der Waals surface area (Å²) in [6.45, 7) is 3.72. The highest BCUT2D eigenvalue weighted by Gasteiger charge is 2.43. The van der Waals surface area contributed by atoms with Crippen LogP contribution in [0.5, 0.6) is 0 Å². The fraction of sp³-hybridized carbons (Fsp3) is 0.200. The zero-order chi connectivity index (χ0) is 24.5. The fourth-order valence-electron chi connectivity index (χ4n) is 3.63. The summed E-state index contributed by atoms with van der Waals surface area (Å²) >= 11 is 2.66. The maximum absolute atomic E-state index is 14.9. The molecule has 9 heteroatoms. The Morgan fingerprint density at radius 1 is 1.03 bits per heavy atom. The molecule has 0 aliphatic rings. The van der Waals surface area contributed by atoms with E-state index < -0.39 is 17.4 Å². The Bertz CT molecular complexity index is 1350. The van der Waals surface area contributed by atoms with E-state index in [-0.39, 0.29) is 19.0 Å². The molecule has 0 fully saturated rings. The van der Waals surface area contributed by atoms with Gasteiger partial charge in [-0.3, -0.25) is 9.59 Å². The molecule has 2 heterocycles. The number of alkyl halides is 2. The molecule has 5 nitrogen and oxygen atoms in total. The standard InChI is InChI=1S/C25H23F2N3O2S2/c1-3-30(4-2)24(32)25(26,27)18-7-5-16-12-22(34-21(16)13-18)23(31)29-20-11-15(6-8-19(20)28)17-9-10-33-14-17/h5-14H,3-4,28H2,1-2H3,(H,29,31). The number of amides is 2. The monoisotopic (exact) mass is 499 g/mol. The van der Waals surface area contributed by atoms with Gasteiger partial charge in [-0.25, -0.2) is 0 Å². The molecule has 0 saturated heterocycles. The van der Waals surface area contributed by atoms with E-state index in [1.54, 1.807) is 43.4 Å². The molecule has 2 amide bonds. The van der Waals surface area contributed by atoms with Crippen LogP contribution >= 0.6 is 22.7 Å². The van der Waals surface area contributed by atoms with Crippen molar-refractivity contribution >= 4 is 55.9 Å². The Balaban J connectivity index is 1.60. The molecule has 0 atom stereocenters. The molecule has 0 aliphatic carbocycles. The van der Waals surface area contributed by atoms with Gasteiger partial charge in [0.25, 0.3) is 11.8 Å². The first-order valence-corrected chi connectivity index (χ1v) is 12.4. The number of nitrogens with one attached hydrogen (secondary N) is 1. The lowest BCUT2D eigenvalue weighted by atomic mass is 10.1. The van der Waals surface area contributed by atoms with Crippen molar-refractivity contribution in [2.24, 2.45) is 0 Å². The van der Waals surface area contributed by atoms with Crippen molar-refractivity contribution in [3.63, 3.8) is 0 Å². The third-order valence-electron chi connectivity index (χ3n) is 5.58. The molecular formula is C25H23F2N3O2S2. The maximum atomic E-state index is 14.9. The van der Waals surface area contributed by atoms with Crippen LogP contribution in [0.4, 0.5) is 20.2 Å². The molecule has 176 valence electrons. The molecule has 0 bridgehead atoms. The minimum atomic E-state index is -3.65. The third kappa shape index (κ3) is 4.53. The average molecular weight is 500 g/mol. The highest BCUT2D eigenvalue weighted by Crippen LogP contribution is 2.36. The number of hydrogen-bond donors (Lipinski definition) is 2. The summed E-state index contributed by atoms with van der Waals surface area (Å²) in [5.74, 6) is -5.27. The van der Waals surface area contributed by atoms with Gasteiger partial charge in [0.1, 0.15) is 0 Å². The van der Waals surface area contributed by atoms with Gasteiger partial charge < -0.3 is 16.0 Å². The lowest BCUT2D eigenvalue weighted by molar-refractivity contribution is -0.158. The van der Waals surface area contributed by atoms with E-state index in [2.05, 4.69) is 5.32 Å². The molecule has 4 rings (SSSR count). The third-order valence-corrected chi connectivity index (χ3v) is 7.36. The first kappa shape index (κ1) is 23.8. The van der Waals surface area contributed by atoms with Crippen molar-refractivity contribution in [2.75, 3.05) is 24.1 Å². The molecule has 2 aromatic heterocycles. The number of rotatable bonds is 7. The number of nitrogens with two attached hydrogens (primary N) is 1. The van der Waals surface area contributed by atoms with Crippen LogP contribution in [0.3, 0.4) is 0 Å². The van der Waals surface area contributed by atoms with Gasteiger partial charge in [-0.15, -0.1) is 11.3 Å². The summed E-state index contributed by atoms with van der Waals surface area (Å²) < 4.78 is 30.2. The number of carbonyl (C=O) groups excluding carboxylic acids is 2. The number of likely N-dealkylation sites (N-methyl/N-ethyl adjacent to an activating group) is 1. The molecule has 0 saturated carbocycles. The number of carbonyl (C=O) groups is 2. The summed E-state index contributed by atoms with van der Waals surface area (Å²) in [5.41, 5.74) is 8.51. The van der Waals surface area contributed by atoms with E-state index in [9.17, 15) is 18.4 Å². The Kier molecular flexibility index (Phi) is 6.67. The number of halogens is 2. The van der Waals surface area contributed by atoms with E-state index in [1.165, 1.54) is 18.2 Å². The second kappa shape index (κ2) is 9.52. The number of nitrogens with zero attached hydrogens (tertiary/aromatic N) is 1. The number of thiophene rings is 2. The van der Waals surface area contributed by atoms with E-state index in [0.717, 1.165) is 27.4 Å². The van der Waals surface area contributed by atoms with Crippen molar-refractivity contribution in [1.29, 1.82) is 0 Å². The second-order valence-corrected chi connectivity index (χ2v) is 9.55. The quantitative estimate of drug-likeness (QED) is 0.288. The van der Waals surface area contributed by atoms with Gasteiger partial charge in [0, 0.05) is 23.4 Å². The fourth-order valence-corrected chi connectivity index (χ4v) is 5.29. The largest absolute Gasteiger partial charge is 0.397 e. The Morgan fingerprint density at radius 3 is 2.47 bits per heavy atom. The number of hydrogen-bond acceptors (Lipinski definition) is 5. The van der Waals surface area contributed by atoms with E-state index >= 15 is 0 Å². The van der Waals surface area contributed by atoms with E-state index in [0.29, 0.717) is 26.3 Å². The molecule has 0 radical (unpaired) electrons. The molecule has 0 spiro atoms. The average Bonchev–Trinajstić information content (AvgIpc) is 3.51. The Morgan fingerprint density at radius 2 is 1.79 bits per heavy atom. The zero-order valence-electron chi connectivity index (χ0n) is 18.6. The van der Waals surface area contributed by atoms with Gasteiger partial charge in [0.15, 0.2) is 0 Å². The molecule has 3 N–H and O–H groups in total. The minimum Gasteiger partial charge on any atom is -0.397 e. The number of nitrogen functional groups attached to an aromatic ring is 1. The predicted octanol–water partition coefficient (Wildman–Crippen LogP) is 6.42. The summed E-state index contributed by atoms with van der Waals surface area (Å²) in [6, 6.07) is 13.1. The molecule has 2 aromatic carbocycles. The normalized spacial score (nSPS) is 11.5. The van der Waals surface area contributed by atoms with Crippen LogP contribution in [0.1, 0.15) is 29.1 Å². The van der Waals surface area contributed by atoms with Gasteiger partial charge in [-0.05, 0) is 71.5 Å². The van der Waals surface area contributed by atoms with Crippen molar-refractivity contribution in [1.82, 2.24) is 4.90 Å². The van der Waals surface area contributed by atoms with Crippen LogP contribution in [-0.4, -0.2) is 29.8 Å². The molecular weight excluding hydrogens is 476 g/mol. The highest BCUT2D eigenvalue weighted by molar-refractivity contribution is 7.20. The molecule has 4 aromatic rings. The SMILES string of the molecule is CCN(CC)C(=O)C(F)(F)c1ccc2cc(C(=O)Nc3cc(-c4ccsc4)ccc3N)sc2c1. The lowest BCUT2D eigenvalue weighted by Gasteiger charge is -2.24. The summed E-state index contributed by atoms with van der Waals surface area (Å²) in [5, 5.41) is 7.44. The zero-order valence-corrected chi connectivity index (χ0v) is 20.2. The van der Waals surface area contributed by atoms with Crippen LogP contribution in [0.25, 0.3) is 21.2 Å². The lowest BCUT2D eigenvalue weighted by Crippen LogP contribution is -2.41. The number of fused-ring (bicyclic) bond motifs is 1. The van der Waals surface area contributed by atoms with Gasteiger partial charge >= 0.3 is 5.92 Å². The first-order valence-electron chi connectivity index (χ1n) is 10.7. The van der Waals surface area contributed by atoms with Crippen molar-refractivity contribution in [3.8, 4) is 11.1 Å². The van der Waals surface area contributed by atoms with Crippen molar-refractivity contribution in [2.45, 2.75) is 19.8 Å². The van der Waals surface area contributed by atoms with Crippen molar-refractivity contribution < 1.29 is 18.4 Å². The van der Waals surface area contributed by atoms with Gasteiger partial charge in [-0.1, -0.05) is 18.2 Å². The van der Waals surface area contributed by atoms with Crippen LogP contribution in [0, 0.1) is 0 Å². The summed E-state index contributed by atoms with van der Waals surface area (Å²) in [4.78, 5) is 26.7. The maximum Gasteiger partial charge on any atom is 0.350 e. The first-order chi connectivity index (χ1) is 16.2. The summed E-state index contributed by atoms with van der Waals surface area (Å²) in [7, 11) is 0. The van der Waals surface area contributed by atoms with E-state index in [1.807, 2.05) is 22.9 Å². The summed E-state index contributed by atoms with van der Waals surface area (Å²) in [6.07, 6.45) is 0. The highest BCUT2D eigenvalue weighted by atomic mass is 32.1. The van der Waals surface area contributed by atoms with Crippen LogP contribution in [0.2, 0.25) is 0 Å². The number of anilines is 2. The van der Waals surface area contributed by atoms with Crippen LogP contribution < -0.4 is 11.1 Å². The minimum absolute atomic E-state index is 0.202. The predicted molar refractivity (Wildman–Crippen MR) is 136 cm³/mol. The Labute approximate surface area is 203 Å².